The zero-order valence-electron chi connectivity index (χ0n) is 20.1. The first kappa shape index (κ1) is 33.0. The van der Waals surface area contributed by atoms with Crippen LogP contribution in [-0.2, 0) is 34.7 Å². The standard InChI is InChI=1S/C24H51O4P.Mo/c1-3-5-7-9-11-13-15-17-19-21-23-27-29(25,26)28-24-22-20-18-16-14-12-10-8-6-4-2;/h3-24H2,1-2H3,(H,25,26);. The van der Waals surface area contributed by atoms with E-state index in [1.807, 2.05) is 0 Å². The molecule has 0 aliphatic carbocycles. The maximum atomic E-state index is 11.8. The van der Waals surface area contributed by atoms with Gasteiger partial charge in [0.15, 0.2) is 0 Å². The summed E-state index contributed by atoms with van der Waals surface area (Å²) in [4.78, 5) is 9.71. The summed E-state index contributed by atoms with van der Waals surface area (Å²) in [7, 11) is -3.85. The van der Waals surface area contributed by atoms with Crippen LogP contribution in [0.2, 0.25) is 0 Å². The van der Waals surface area contributed by atoms with Crippen LogP contribution in [0.4, 0.5) is 0 Å². The van der Waals surface area contributed by atoms with Crippen molar-refractivity contribution in [3.8, 4) is 0 Å². The van der Waals surface area contributed by atoms with Gasteiger partial charge >= 0.3 is 7.82 Å². The van der Waals surface area contributed by atoms with E-state index < -0.39 is 7.82 Å². The molecule has 182 valence electrons. The van der Waals surface area contributed by atoms with E-state index in [-0.39, 0.29) is 21.1 Å². The molecule has 0 amide bonds. The second-order valence-electron chi connectivity index (χ2n) is 8.50. The van der Waals surface area contributed by atoms with Crippen LogP contribution in [0.5, 0.6) is 0 Å². The zero-order valence-corrected chi connectivity index (χ0v) is 23.0. The third kappa shape index (κ3) is 26.8. The van der Waals surface area contributed by atoms with Gasteiger partial charge in [0.05, 0.1) is 13.2 Å². The third-order valence-corrected chi connectivity index (χ3v) is 6.52. The summed E-state index contributed by atoms with van der Waals surface area (Å²) < 4.78 is 22.0. The Balaban J connectivity index is 0. The first-order valence-electron chi connectivity index (χ1n) is 12.7. The molecule has 0 aromatic heterocycles. The third-order valence-electron chi connectivity index (χ3n) is 5.50. The van der Waals surface area contributed by atoms with Crippen LogP contribution in [-0.4, -0.2) is 18.1 Å². The summed E-state index contributed by atoms with van der Waals surface area (Å²) in [6.07, 6.45) is 24.8. The predicted molar refractivity (Wildman–Crippen MR) is 125 cm³/mol. The van der Waals surface area contributed by atoms with Crippen LogP contribution in [0.1, 0.15) is 142 Å². The molecule has 0 radical (unpaired) electrons. The molecule has 0 spiro atoms. The monoisotopic (exact) mass is 532 g/mol. The van der Waals surface area contributed by atoms with Crippen molar-refractivity contribution in [3.05, 3.63) is 0 Å². The van der Waals surface area contributed by atoms with Gasteiger partial charge in [-0.3, -0.25) is 9.05 Å². The van der Waals surface area contributed by atoms with Gasteiger partial charge in [0.25, 0.3) is 0 Å². The van der Waals surface area contributed by atoms with Gasteiger partial charge in [0.1, 0.15) is 0 Å². The Hall–Kier alpha value is 0.798. The SMILES string of the molecule is CCCCCCCCCCCCOP(=O)(O)OCCCCCCCCCCCC.[Mo]. The van der Waals surface area contributed by atoms with E-state index in [0.29, 0.717) is 13.2 Å². The fourth-order valence-corrected chi connectivity index (χ4v) is 4.37. The van der Waals surface area contributed by atoms with Crippen molar-refractivity contribution in [2.24, 2.45) is 0 Å². The van der Waals surface area contributed by atoms with Crippen molar-refractivity contribution < 1.29 is 39.6 Å². The number of unbranched alkanes of at least 4 members (excludes halogenated alkanes) is 18. The minimum Gasteiger partial charge on any atom is -0.302 e. The molecular weight excluding hydrogens is 479 g/mol. The Morgan fingerprint density at radius 1 is 0.500 bits per heavy atom. The van der Waals surface area contributed by atoms with Gasteiger partial charge in [0, 0.05) is 21.1 Å². The van der Waals surface area contributed by atoms with Crippen LogP contribution in [0.15, 0.2) is 0 Å². The van der Waals surface area contributed by atoms with Gasteiger partial charge in [-0.25, -0.2) is 4.57 Å². The maximum absolute atomic E-state index is 11.8. The molecule has 4 nitrogen and oxygen atoms in total. The minimum absolute atomic E-state index is 0. The van der Waals surface area contributed by atoms with E-state index in [2.05, 4.69) is 13.8 Å². The van der Waals surface area contributed by atoms with Crippen LogP contribution in [0.25, 0.3) is 0 Å². The summed E-state index contributed by atoms with van der Waals surface area (Å²) in [6.45, 7) is 5.14. The second-order valence-corrected chi connectivity index (χ2v) is 9.95. The predicted octanol–water partition coefficient (Wildman–Crippen LogP) is 8.96. The van der Waals surface area contributed by atoms with Crippen molar-refractivity contribution in [2.75, 3.05) is 13.2 Å². The summed E-state index contributed by atoms with van der Waals surface area (Å²) in [5.41, 5.74) is 0. The fraction of sp³-hybridized carbons (Fsp3) is 1.00. The van der Waals surface area contributed by atoms with E-state index in [0.717, 1.165) is 25.7 Å². The van der Waals surface area contributed by atoms with Gasteiger partial charge in [-0.15, -0.1) is 0 Å². The molecule has 0 aromatic rings. The van der Waals surface area contributed by atoms with E-state index >= 15 is 0 Å². The Morgan fingerprint density at radius 2 is 0.733 bits per heavy atom. The minimum atomic E-state index is -3.85. The van der Waals surface area contributed by atoms with Crippen LogP contribution < -0.4 is 0 Å². The number of rotatable bonds is 24. The molecule has 0 aliphatic heterocycles. The Morgan fingerprint density at radius 3 is 1.00 bits per heavy atom. The van der Waals surface area contributed by atoms with Crippen molar-refractivity contribution >= 4 is 7.82 Å². The quantitative estimate of drug-likeness (QED) is 0.0769. The normalized spacial score (nSPS) is 11.6. The van der Waals surface area contributed by atoms with E-state index in [9.17, 15) is 9.46 Å². The molecule has 0 aliphatic rings. The molecule has 0 saturated carbocycles. The van der Waals surface area contributed by atoms with Gasteiger partial charge < -0.3 is 4.89 Å². The van der Waals surface area contributed by atoms with E-state index in [4.69, 9.17) is 9.05 Å². The molecular formula is C24H51MoO4P. The largest absolute Gasteiger partial charge is 0.472 e. The number of hydrogen-bond donors (Lipinski definition) is 1. The molecule has 1 N–H and O–H groups in total. The van der Waals surface area contributed by atoms with Crippen LogP contribution in [0.3, 0.4) is 0 Å². The molecule has 0 fully saturated rings. The molecule has 0 rings (SSSR count). The summed E-state index contributed by atoms with van der Waals surface area (Å²) in [6, 6.07) is 0. The van der Waals surface area contributed by atoms with Gasteiger partial charge in [-0.05, 0) is 12.8 Å². The van der Waals surface area contributed by atoms with Gasteiger partial charge in [-0.2, -0.15) is 0 Å². The second kappa shape index (κ2) is 26.1. The smallest absolute Gasteiger partial charge is 0.302 e. The summed E-state index contributed by atoms with van der Waals surface area (Å²) >= 11 is 0. The Kier molecular flexibility index (Phi) is 28.6. The van der Waals surface area contributed by atoms with Gasteiger partial charge in [0.2, 0.25) is 0 Å². The fourth-order valence-electron chi connectivity index (χ4n) is 3.58. The van der Waals surface area contributed by atoms with Gasteiger partial charge in [-0.1, -0.05) is 129 Å². The zero-order chi connectivity index (χ0) is 21.5. The molecule has 30 heavy (non-hydrogen) atoms. The Labute approximate surface area is 202 Å². The van der Waals surface area contributed by atoms with Crippen molar-refractivity contribution in [2.45, 2.75) is 142 Å². The first-order valence-corrected chi connectivity index (χ1v) is 14.2. The average molecular weight is 531 g/mol. The Bertz CT molecular complexity index is 339. The molecule has 6 heteroatoms. The molecule has 0 saturated heterocycles. The van der Waals surface area contributed by atoms with Crippen molar-refractivity contribution in [1.29, 1.82) is 0 Å². The molecule has 0 aromatic carbocycles. The maximum Gasteiger partial charge on any atom is 0.472 e. The number of phosphoric ester groups is 1. The van der Waals surface area contributed by atoms with Crippen LogP contribution >= 0.6 is 7.82 Å². The molecule has 0 heterocycles. The molecule has 0 atom stereocenters. The summed E-state index contributed by atoms with van der Waals surface area (Å²) in [5, 5.41) is 0. The van der Waals surface area contributed by atoms with E-state index in [1.54, 1.807) is 0 Å². The average Bonchev–Trinajstić information content (AvgIpc) is 2.70. The number of phosphoric acid groups is 1. The topological polar surface area (TPSA) is 55.8 Å². The van der Waals surface area contributed by atoms with E-state index in [1.165, 1.54) is 103 Å². The first-order chi connectivity index (χ1) is 14.1. The number of hydrogen-bond acceptors (Lipinski definition) is 3. The van der Waals surface area contributed by atoms with Crippen LogP contribution in [0, 0.1) is 0 Å². The molecule has 0 unspecified atom stereocenters. The molecule has 0 bridgehead atoms. The van der Waals surface area contributed by atoms with Crippen molar-refractivity contribution in [1.82, 2.24) is 0 Å². The van der Waals surface area contributed by atoms with Crippen molar-refractivity contribution in [3.63, 3.8) is 0 Å². The summed E-state index contributed by atoms with van der Waals surface area (Å²) in [5.74, 6) is 0.